The summed E-state index contributed by atoms with van der Waals surface area (Å²) in [6.45, 7) is 4.46. The molecule has 0 radical (unpaired) electrons. The second-order valence-electron chi connectivity index (χ2n) is 8.03. The molecule has 0 spiro atoms. The monoisotopic (exact) mass is 418 g/mol. The maximum atomic E-state index is 12.4. The first-order valence-corrected chi connectivity index (χ1v) is 9.89. The number of nitrogens with zero attached hydrogens (tertiary/aromatic N) is 1. The first kappa shape index (κ1) is 20.4. The molecule has 0 bridgehead atoms. The van der Waals surface area contributed by atoms with Gasteiger partial charge in [-0.2, -0.15) is 0 Å². The van der Waals surface area contributed by atoms with Gasteiger partial charge in [-0.25, -0.2) is 0 Å². The van der Waals surface area contributed by atoms with Crippen LogP contribution < -0.4 is 14.8 Å². The quantitative estimate of drug-likeness (QED) is 0.442. The van der Waals surface area contributed by atoms with Crippen LogP contribution in [-0.2, 0) is 13.0 Å². The second-order valence-corrected chi connectivity index (χ2v) is 8.03. The van der Waals surface area contributed by atoms with Crippen LogP contribution in [0.3, 0.4) is 0 Å². The number of hydrogen-bond donors (Lipinski definition) is 1. The van der Waals surface area contributed by atoms with E-state index in [1.807, 2.05) is 24.3 Å². The average Bonchev–Trinajstić information content (AvgIpc) is 3.07. The predicted molar refractivity (Wildman–Crippen MR) is 117 cm³/mol. The highest BCUT2D eigenvalue weighted by Gasteiger charge is 2.32. The van der Waals surface area contributed by atoms with E-state index in [0.29, 0.717) is 23.6 Å². The van der Waals surface area contributed by atoms with Crippen LogP contribution in [0.15, 0.2) is 66.7 Å². The van der Waals surface area contributed by atoms with Gasteiger partial charge in [-0.1, -0.05) is 24.3 Å². The third-order valence-electron chi connectivity index (χ3n) is 5.00. The Kier molecular flexibility index (Phi) is 5.33. The lowest BCUT2D eigenvalue weighted by atomic mass is 10.0. The molecule has 3 aromatic carbocycles. The number of rotatable bonds is 6. The molecule has 7 heteroatoms. The molecule has 7 nitrogen and oxygen atoms in total. The molecule has 31 heavy (non-hydrogen) atoms. The van der Waals surface area contributed by atoms with E-state index < -0.39 is 4.92 Å². The highest BCUT2D eigenvalue weighted by molar-refractivity contribution is 6.04. The number of benzene rings is 3. The number of hydrogen-bond acceptors (Lipinski definition) is 5. The maximum Gasteiger partial charge on any atom is 0.269 e. The summed E-state index contributed by atoms with van der Waals surface area (Å²) < 4.78 is 12.0. The first-order valence-electron chi connectivity index (χ1n) is 9.89. The number of amides is 1. The summed E-state index contributed by atoms with van der Waals surface area (Å²) in [5, 5.41) is 13.4. The smallest absolute Gasteiger partial charge is 0.269 e. The van der Waals surface area contributed by atoms with Crippen LogP contribution in [0.2, 0.25) is 0 Å². The predicted octanol–water partition coefficient (Wildman–Crippen LogP) is 5.14. The summed E-state index contributed by atoms with van der Waals surface area (Å²) in [6.07, 6.45) is 0.845. The van der Waals surface area contributed by atoms with Gasteiger partial charge >= 0.3 is 0 Å². The van der Waals surface area contributed by atoms with Crippen LogP contribution in [0.5, 0.6) is 11.5 Å². The first-order chi connectivity index (χ1) is 14.8. The molecule has 0 fully saturated rings. The topological polar surface area (TPSA) is 90.7 Å². The minimum absolute atomic E-state index is 0.0274. The molecule has 1 N–H and O–H groups in total. The van der Waals surface area contributed by atoms with Gasteiger partial charge in [0, 0.05) is 35.4 Å². The fraction of sp³-hybridized carbons (Fsp3) is 0.208. The van der Waals surface area contributed by atoms with E-state index in [9.17, 15) is 14.9 Å². The van der Waals surface area contributed by atoms with Crippen molar-refractivity contribution in [3.63, 3.8) is 0 Å². The Hall–Kier alpha value is -3.87. The summed E-state index contributed by atoms with van der Waals surface area (Å²) in [7, 11) is 0. The molecule has 4 rings (SSSR count). The number of ether oxygens (including phenoxy) is 2. The summed E-state index contributed by atoms with van der Waals surface area (Å²) in [6, 6.07) is 18.7. The van der Waals surface area contributed by atoms with Gasteiger partial charge in [0.2, 0.25) is 0 Å². The Morgan fingerprint density at radius 2 is 1.81 bits per heavy atom. The van der Waals surface area contributed by atoms with Gasteiger partial charge in [-0.05, 0) is 49.7 Å². The summed E-state index contributed by atoms with van der Waals surface area (Å²) in [4.78, 5) is 22.7. The van der Waals surface area contributed by atoms with E-state index in [1.54, 1.807) is 12.1 Å². The summed E-state index contributed by atoms with van der Waals surface area (Å²) in [5.74, 6) is 1.22. The molecular formula is C24H22N2O5. The van der Waals surface area contributed by atoms with E-state index in [0.717, 1.165) is 23.3 Å². The molecule has 1 heterocycles. The Bertz CT molecular complexity index is 1120. The third kappa shape index (κ3) is 4.66. The maximum absolute atomic E-state index is 12.4. The molecule has 3 aromatic rings. The van der Waals surface area contributed by atoms with Crippen molar-refractivity contribution in [2.24, 2.45) is 0 Å². The van der Waals surface area contributed by atoms with Crippen LogP contribution in [-0.4, -0.2) is 16.4 Å². The number of carbonyl (C=O) groups is 1. The Morgan fingerprint density at radius 1 is 1.10 bits per heavy atom. The molecule has 0 saturated carbocycles. The van der Waals surface area contributed by atoms with Gasteiger partial charge in [0.15, 0.2) is 11.5 Å². The zero-order valence-corrected chi connectivity index (χ0v) is 17.3. The molecular weight excluding hydrogens is 396 g/mol. The standard InChI is InChI=1S/C24H22N2O5/c1-24(2)14-18-4-3-5-21(22(18)31-24)30-15-16-6-8-17(9-7-16)23(27)25-19-10-12-20(13-11-19)26(28)29/h3-13H,14-15H2,1-2H3,(H,25,27). The van der Waals surface area contributed by atoms with E-state index in [1.165, 1.54) is 24.3 Å². The van der Waals surface area contributed by atoms with E-state index in [2.05, 4.69) is 25.2 Å². The molecule has 0 saturated heterocycles. The van der Waals surface area contributed by atoms with Gasteiger partial charge in [-0.15, -0.1) is 0 Å². The zero-order chi connectivity index (χ0) is 22.0. The van der Waals surface area contributed by atoms with Crippen molar-refractivity contribution in [2.75, 3.05) is 5.32 Å². The molecule has 1 aliphatic rings. The zero-order valence-electron chi connectivity index (χ0n) is 17.3. The number of para-hydroxylation sites is 1. The van der Waals surface area contributed by atoms with Crippen molar-refractivity contribution < 1.29 is 19.2 Å². The van der Waals surface area contributed by atoms with Crippen molar-refractivity contribution in [1.29, 1.82) is 0 Å². The van der Waals surface area contributed by atoms with Crippen LogP contribution in [0.4, 0.5) is 11.4 Å². The number of carbonyl (C=O) groups excluding carboxylic acids is 1. The van der Waals surface area contributed by atoms with Gasteiger partial charge in [0.1, 0.15) is 12.2 Å². The van der Waals surface area contributed by atoms with Crippen LogP contribution >= 0.6 is 0 Å². The lowest BCUT2D eigenvalue weighted by molar-refractivity contribution is -0.384. The number of nitrogens with one attached hydrogen (secondary N) is 1. The van der Waals surface area contributed by atoms with E-state index >= 15 is 0 Å². The Balaban J connectivity index is 1.37. The molecule has 1 aliphatic heterocycles. The van der Waals surface area contributed by atoms with Crippen molar-refractivity contribution in [2.45, 2.75) is 32.5 Å². The van der Waals surface area contributed by atoms with E-state index in [4.69, 9.17) is 9.47 Å². The van der Waals surface area contributed by atoms with Crippen molar-refractivity contribution in [3.8, 4) is 11.5 Å². The Labute approximate surface area is 179 Å². The average molecular weight is 418 g/mol. The second kappa shape index (κ2) is 8.10. The number of non-ortho nitro benzene ring substituents is 1. The third-order valence-corrected chi connectivity index (χ3v) is 5.00. The number of anilines is 1. The fourth-order valence-corrected chi connectivity index (χ4v) is 3.48. The largest absolute Gasteiger partial charge is 0.485 e. The van der Waals surface area contributed by atoms with Crippen molar-refractivity contribution in [3.05, 3.63) is 93.5 Å². The number of nitro groups is 1. The summed E-state index contributed by atoms with van der Waals surface area (Å²) >= 11 is 0. The van der Waals surface area contributed by atoms with Crippen LogP contribution in [0.25, 0.3) is 0 Å². The SMILES string of the molecule is CC1(C)Cc2cccc(OCc3ccc(C(=O)Nc4ccc([N+](=O)[O-])cc4)cc3)c2O1. The molecule has 0 aromatic heterocycles. The minimum Gasteiger partial charge on any atom is -0.485 e. The van der Waals surface area contributed by atoms with Crippen molar-refractivity contribution in [1.82, 2.24) is 0 Å². The lowest BCUT2D eigenvalue weighted by Crippen LogP contribution is -2.24. The molecule has 158 valence electrons. The van der Waals surface area contributed by atoms with Crippen molar-refractivity contribution >= 4 is 17.3 Å². The highest BCUT2D eigenvalue weighted by atomic mass is 16.6. The van der Waals surface area contributed by atoms with Gasteiger partial charge in [0.05, 0.1) is 4.92 Å². The molecule has 0 aliphatic carbocycles. The fourth-order valence-electron chi connectivity index (χ4n) is 3.48. The Morgan fingerprint density at radius 3 is 2.48 bits per heavy atom. The van der Waals surface area contributed by atoms with E-state index in [-0.39, 0.29) is 17.2 Å². The van der Waals surface area contributed by atoms with Crippen LogP contribution in [0.1, 0.15) is 35.3 Å². The van der Waals surface area contributed by atoms with Gasteiger partial charge in [0.25, 0.3) is 11.6 Å². The van der Waals surface area contributed by atoms with Crippen LogP contribution in [0, 0.1) is 10.1 Å². The van der Waals surface area contributed by atoms with Gasteiger partial charge < -0.3 is 14.8 Å². The normalized spacial score (nSPS) is 13.7. The minimum atomic E-state index is -0.483. The molecule has 1 amide bonds. The summed E-state index contributed by atoms with van der Waals surface area (Å²) in [5.41, 5.74) is 2.76. The molecule has 0 unspecified atom stereocenters. The van der Waals surface area contributed by atoms with Gasteiger partial charge in [-0.3, -0.25) is 14.9 Å². The molecule has 0 atom stereocenters. The number of fused-ring (bicyclic) bond motifs is 1. The number of nitro benzene ring substituents is 1. The highest BCUT2D eigenvalue weighted by Crippen LogP contribution is 2.41. The lowest BCUT2D eigenvalue weighted by Gasteiger charge is -2.18.